The maximum absolute atomic E-state index is 12.1. The number of nitrogens with two attached hydrogens (primary N) is 1. The largest absolute Gasteiger partial charge is 0.361 e. The predicted octanol–water partition coefficient (Wildman–Crippen LogP) is 1.18. The Morgan fingerprint density at radius 2 is 2.53 bits per heavy atom. The van der Waals surface area contributed by atoms with Gasteiger partial charge in [0.1, 0.15) is 5.76 Å². The van der Waals surface area contributed by atoms with Crippen LogP contribution < -0.4 is 5.73 Å². The SMILES string of the molecule is Cc1cc(C(=O)N2CCCC(CCN)C2)no1. The lowest BCUT2D eigenvalue weighted by Crippen LogP contribution is -2.40. The van der Waals surface area contributed by atoms with Crippen molar-refractivity contribution in [2.45, 2.75) is 26.2 Å². The molecule has 94 valence electrons. The quantitative estimate of drug-likeness (QED) is 0.857. The van der Waals surface area contributed by atoms with E-state index in [0.29, 0.717) is 23.9 Å². The monoisotopic (exact) mass is 237 g/mol. The minimum atomic E-state index is -0.0245. The van der Waals surface area contributed by atoms with Gasteiger partial charge in [0.15, 0.2) is 5.69 Å². The van der Waals surface area contributed by atoms with E-state index in [9.17, 15) is 4.79 Å². The van der Waals surface area contributed by atoms with Crippen molar-refractivity contribution in [1.82, 2.24) is 10.1 Å². The molecule has 5 heteroatoms. The fraction of sp³-hybridized carbons (Fsp3) is 0.667. The van der Waals surface area contributed by atoms with E-state index in [1.807, 2.05) is 4.90 Å². The molecule has 0 saturated carbocycles. The first-order chi connectivity index (χ1) is 8.20. The van der Waals surface area contributed by atoms with Gasteiger partial charge in [-0.2, -0.15) is 0 Å². The van der Waals surface area contributed by atoms with Crippen LogP contribution in [0.2, 0.25) is 0 Å². The van der Waals surface area contributed by atoms with Crippen LogP contribution in [0, 0.1) is 12.8 Å². The van der Waals surface area contributed by atoms with Gasteiger partial charge in [0.25, 0.3) is 5.91 Å². The van der Waals surface area contributed by atoms with Crippen LogP contribution in [0.1, 0.15) is 35.5 Å². The molecule has 0 bridgehead atoms. The van der Waals surface area contributed by atoms with Crippen molar-refractivity contribution in [2.24, 2.45) is 11.7 Å². The summed E-state index contributed by atoms with van der Waals surface area (Å²) in [6.45, 7) is 4.08. The molecule has 1 aromatic rings. The predicted molar refractivity (Wildman–Crippen MR) is 63.5 cm³/mol. The Hall–Kier alpha value is -1.36. The molecule has 1 atom stereocenters. The van der Waals surface area contributed by atoms with Crippen LogP contribution in [0.3, 0.4) is 0 Å². The smallest absolute Gasteiger partial charge is 0.276 e. The number of piperidine rings is 1. The number of hydrogen-bond donors (Lipinski definition) is 1. The third-order valence-electron chi connectivity index (χ3n) is 3.23. The Bertz CT molecular complexity index is 387. The molecule has 1 aliphatic heterocycles. The number of amides is 1. The molecule has 1 saturated heterocycles. The third-order valence-corrected chi connectivity index (χ3v) is 3.23. The second-order valence-corrected chi connectivity index (χ2v) is 4.66. The van der Waals surface area contributed by atoms with Gasteiger partial charge in [0.2, 0.25) is 0 Å². The average Bonchev–Trinajstić information content (AvgIpc) is 2.76. The molecule has 0 aromatic carbocycles. The molecule has 1 amide bonds. The fourth-order valence-corrected chi connectivity index (χ4v) is 2.35. The molecule has 1 aromatic heterocycles. The number of nitrogens with zero attached hydrogens (tertiary/aromatic N) is 2. The summed E-state index contributed by atoms with van der Waals surface area (Å²) in [7, 11) is 0. The number of rotatable bonds is 3. The first-order valence-corrected chi connectivity index (χ1v) is 6.13. The normalized spacial score (nSPS) is 20.6. The highest BCUT2D eigenvalue weighted by Gasteiger charge is 2.25. The van der Waals surface area contributed by atoms with Crippen molar-refractivity contribution in [3.05, 3.63) is 17.5 Å². The molecule has 0 spiro atoms. The molecule has 0 radical (unpaired) electrons. The summed E-state index contributed by atoms with van der Waals surface area (Å²) >= 11 is 0. The Kier molecular flexibility index (Phi) is 3.78. The van der Waals surface area contributed by atoms with Crippen molar-refractivity contribution in [3.63, 3.8) is 0 Å². The van der Waals surface area contributed by atoms with Crippen LogP contribution in [-0.4, -0.2) is 35.6 Å². The number of carbonyl (C=O) groups is 1. The lowest BCUT2D eigenvalue weighted by atomic mass is 9.94. The van der Waals surface area contributed by atoms with E-state index in [4.69, 9.17) is 10.3 Å². The van der Waals surface area contributed by atoms with Crippen LogP contribution in [-0.2, 0) is 0 Å². The van der Waals surface area contributed by atoms with Crippen molar-refractivity contribution in [1.29, 1.82) is 0 Å². The molecule has 2 N–H and O–H groups in total. The molecule has 2 heterocycles. The van der Waals surface area contributed by atoms with Gasteiger partial charge in [-0.25, -0.2) is 0 Å². The summed E-state index contributed by atoms with van der Waals surface area (Å²) in [5, 5.41) is 3.77. The van der Waals surface area contributed by atoms with Crippen LogP contribution in [0.4, 0.5) is 0 Å². The van der Waals surface area contributed by atoms with Gasteiger partial charge in [-0.1, -0.05) is 5.16 Å². The molecular formula is C12H19N3O2. The first kappa shape index (κ1) is 12.1. The van der Waals surface area contributed by atoms with Gasteiger partial charge in [0, 0.05) is 19.2 Å². The average molecular weight is 237 g/mol. The number of carbonyl (C=O) groups excluding carboxylic acids is 1. The molecule has 1 fully saturated rings. The fourth-order valence-electron chi connectivity index (χ4n) is 2.35. The lowest BCUT2D eigenvalue weighted by molar-refractivity contribution is 0.0659. The number of aryl methyl sites for hydroxylation is 1. The van der Waals surface area contributed by atoms with Gasteiger partial charge >= 0.3 is 0 Å². The van der Waals surface area contributed by atoms with Crippen LogP contribution in [0.25, 0.3) is 0 Å². The maximum atomic E-state index is 12.1. The Morgan fingerprint density at radius 1 is 1.71 bits per heavy atom. The van der Waals surface area contributed by atoms with E-state index in [2.05, 4.69) is 5.16 Å². The van der Waals surface area contributed by atoms with E-state index in [1.165, 1.54) is 6.42 Å². The van der Waals surface area contributed by atoms with Gasteiger partial charge < -0.3 is 15.2 Å². The number of aromatic nitrogens is 1. The highest BCUT2D eigenvalue weighted by molar-refractivity contribution is 5.92. The Balaban J connectivity index is 1.99. The third kappa shape index (κ3) is 2.85. The van der Waals surface area contributed by atoms with Crippen LogP contribution in [0.15, 0.2) is 10.6 Å². The first-order valence-electron chi connectivity index (χ1n) is 6.13. The standard InChI is InChI=1S/C12H19N3O2/c1-9-7-11(14-17-9)12(16)15-6-2-3-10(8-15)4-5-13/h7,10H,2-6,8,13H2,1H3. The maximum Gasteiger partial charge on any atom is 0.276 e. The highest BCUT2D eigenvalue weighted by atomic mass is 16.5. The van der Waals surface area contributed by atoms with E-state index in [0.717, 1.165) is 25.9 Å². The summed E-state index contributed by atoms with van der Waals surface area (Å²) in [5.41, 5.74) is 5.98. The van der Waals surface area contributed by atoms with E-state index < -0.39 is 0 Å². The molecular weight excluding hydrogens is 218 g/mol. The lowest BCUT2D eigenvalue weighted by Gasteiger charge is -2.32. The summed E-state index contributed by atoms with van der Waals surface area (Å²) in [6, 6.07) is 1.69. The summed E-state index contributed by atoms with van der Waals surface area (Å²) < 4.78 is 4.93. The van der Waals surface area contributed by atoms with Crippen molar-refractivity contribution >= 4 is 5.91 Å². The van der Waals surface area contributed by atoms with E-state index >= 15 is 0 Å². The van der Waals surface area contributed by atoms with Gasteiger partial charge in [-0.3, -0.25) is 4.79 Å². The molecule has 17 heavy (non-hydrogen) atoms. The second-order valence-electron chi connectivity index (χ2n) is 4.66. The zero-order chi connectivity index (χ0) is 12.3. The minimum absolute atomic E-state index is 0.0245. The Morgan fingerprint density at radius 3 is 3.18 bits per heavy atom. The van der Waals surface area contributed by atoms with Gasteiger partial charge in [-0.15, -0.1) is 0 Å². The van der Waals surface area contributed by atoms with Gasteiger partial charge in [0.05, 0.1) is 0 Å². The van der Waals surface area contributed by atoms with Crippen molar-refractivity contribution in [3.8, 4) is 0 Å². The van der Waals surface area contributed by atoms with Crippen molar-refractivity contribution in [2.75, 3.05) is 19.6 Å². The molecule has 5 nitrogen and oxygen atoms in total. The number of hydrogen-bond acceptors (Lipinski definition) is 4. The summed E-state index contributed by atoms with van der Waals surface area (Å²) in [5.74, 6) is 1.18. The molecule has 1 unspecified atom stereocenters. The van der Waals surface area contributed by atoms with Crippen LogP contribution in [0.5, 0.6) is 0 Å². The topological polar surface area (TPSA) is 72.4 Å². The summed E-state index contributed by atoms with van der Waals surface area (Å²) in [4.78, 5) is 14.0. The zero-order valence-electron chi connectivity index (χ0n) is 10.2. The molecule has 1 aliphatic rings. The van der Waals surface area contributed by atoms with E-state index in [-0.39, 0.29) is 5.91 Å². The number of likely N-dealkylation sites (tertiary alicyclic amines) is 1. The van der Waals surface area contributed by atoms with Gasteiger partial charge in [-0.05, 0) is 38.6 Å². The minimum Gasteiger partial charge on any atom is -0.361 e. The second kappa shape index (κ2) is 5.31. The highest BCUT2D eigenvalue weighted by Crippen LogP contribution is 2.20. The van der Waals surface area contributed by atoms with Crippen LogP contribution >= 0.6 is 0 Å². The zero-order valence-corrected chi connectivity index (χ0v) is 10.2. The van der Waals surface area contributed by atoms with Crippen molar-refractivity contribution < 1.29 is 9.32 Å². The van der Waals surface area contributed by atoms with E-state index in [1.54, 1.807) is 13.0 Å². The summed E-state index contributed by atoms with van der Waals surface area (Å²) in [6.07, 6.45) is 3.20. The molecule has 0 aliphatic carbocycles. The Labute approximate surface area is 101 Å². The molecule has 2 rings (SSSR count).